The van der Waals surface area contributed by atoms with Crippen molar-refractivity contribution in [1.29, 1.82) is 0 Å². The average molecular weight is 395 g/mol. The number of carbonyl (C=O) groups is 1. The third kappa shape index (κ3) is 4.21. The summed E-state index contributed by atoms with van der Waals surface area (Å²) in [7, 11) is 0. The SMILES string of the molecule is O=C(c1cccc(F)c1F)N1CCC(c2[nH]ncc2CCc2ccccc2)CC1. The molecule has 1 N–H and O–H groups in total. The summed E-state index contributed by atoms with van der Waals surface area (Å²) in [6.45, 7) is 1.02. The van der Waals surface area contributed by atoms with Gasteiger partial charge in [-0.05, 0) is 48.9 Å². The van der Waals surface area contributed by atoms with Gasteiger partial charge in [0.05, 0.1) is 11.8 Å². The number of hydrogen-bond acceptors (Lipinski definition) is 2. The molecule has 0 radical (unpaired) electrons. The molecule has 2 aromatic carbocycles. The standard InChI is InChI=1S/C23H23F2N3O/c24-20-8-4-7-19(21(20)25)23(29)28-13-11-17(12-14-28)22-18(15-26-27-22)10-9-16-5-2-1-3-6-16/h1-8,15,17H,9-14H2,(H,26,27). The van der Waals surface area contributed by atoms with Crippen molar-refractivity contribution in [3.05, 3.63) is 88.7 Å². The lowest BCUT2D eigenvalue weighted by Gasteiger charge is -2.32. The summed E-state index contributed by atoms with van der Waals surface area (Å²) < 4.78 is 27.4. The van der Waals surface area contributed by atoms with E-state index in [0.717, 1.165) is 37.4 Å². The number of likely N-dealkylation sites (tertiary alicyclic amines) is 1. The maximum atomic E-state index is 13.9. The molecule has 0 saturated carbocycles. The first-order chi connectivity index (χ1) is 14.1. The number of nitrogens with zero attached hydrogens (tertiary/aromatic N) is 2. The fourth-order valence-electron chi connectivity index (χ4n) is 4.01. The molecule has 4 rings (SSSR count). The zero-order valence-electron chi connectivity index (χ0n) is 16.1. The van der Waals surface area contributed by atoms with E-state index in [2.05, 4.69) is 22.3 Å². The van der Waals surface area contributed by atoms with E-state index < -0.39 is 17.5 Å². The molecule has 6 heteroatoms. The highest BCUT2D eigenvalue weighted by Crippen LogP contribution is 2.30. The number of aromatic nitrogens is 2. The molecule has 1 aliphatic rings. The Hall–Kier alpha value is -3.02. The van der Waals surface area contributed by atoms with Gasteiger partial charge in [0.25, 0.3) is 5.91 Å². The number of piperidine rings is 1. The molecule has 0 unspecified atom stereocenters. The number of amides is 1. The minimum absolute atomic E-state index is 0.200. The van der Waals surface area contributed by atoms with Crippen LogP contribution in [0.3, 0.4) is 0 Å². The number of aryl methyl sites for hydroxylation is 2. The smallest absolute Gasteiger partial charge is 0.256 e. The summed E-state index contributed by atoms with van der Waals surface area (Å²) in [5.41, 5.74) is 3.42. The number of hydrogen-bond donors (Lipinski definition) is 1. The van der Waals surface area contributed by atoms with Crippen molar-refractivity contribution in [1.82, 2.24) is 15.1 Å². The van der Waals surface area contributed by atoms with Gasteiger partial charge in [-0.1, -0.05) is 36.4 Å². The Morgan fingerprint density at radius 2 is 1.79 bits per heavy atom. The van der Waals surface area contributed by atoms with Crippen molar-refractivity contribution in [2.45, 2.75) is 31.6 Å². The lowest BCUT2D eigenvalue weighted by Crippen LogP contribution is -2.38. The minimum Gasteiger partial charge on any atom is -0.339 e. The van der Waals surface area contributed by atoms with Gasteiger partial charge in [0.15, 0.2) is 11.6 Å². The Labute approximate surface area is 168 Å². The molecular weight excluding hydrogens is 372 g/mol. The Morgan fingerprint density at radius 1 is 1.03 bits per heavy atom. The highest BCUT2D eigenvalue weighted by atomic mass is 19.2. The summed E-state index contributed by atoms with van der Waals surface area (Å²) >= 11 is 0. The lowest BCUT2D eigenvalue weighted by atomic mass is 9.89. The Balaban J connectivity index is 1.38. The van der Waals surface area contributed by atoms with Gasteiger partial charge < -0.3 is 4.90 Å². The summed E-state index contributed by atoms with van der Waals surface area (Å²) in [5, 5.41) is 7.38. The molecule has 1 fully saturated rings. The first-order valence-corrected chi connectivity index (χ1v) is 9.93. The van der Waals surface area contributed by atoms with E-state index in [1.165, 1.54) is 23.3 Å². The van der Waals surface area contributed by atoms with E-state index in [0.29, 0.717) is 13.1 Å². The molecule has 1 aromatic heterocycles. The largest absolute Gasteiger partial charge is 0.339 e. The van der Waals surface area contributed by atoms with Crippen LogP contribution in [0.4, 0.5) is 8.78 Å². The third-order valence-corrected chi connectivity index (χ3v) is 5.65. The summed E-state index contributed by atoms with van der Waals surface area (Å²) in [6.07, 6.45) is 5.28. The van der Waals surface area contributed by atoms with Crippen molar-refractivity contribution in [3.63, 3.8) is 0 Å². The topological polar surface area (TPSA) is 49.0 Å². The maximum Gasteiger partial charge on any atom is 0.256 e. The van der Waals surface area contributed by atoms with Crippen LogP contribution >= 0.6 is 0 Å². The minimum atomic E-state index is -1.07. The van der Waals surface area contributed by atoms with Gasteiger partial charge in [-0.15, -0.1) is 0 Å². The van der Waals surface area contributed by atoms with Crippen LogP contribution in [0.15, 0.2) is 54.7 Å². The van der Waals surface area contributed by atoms with E-state index in [4.69, 9.17) is 0 Å². The second-order valence-electron chi connectivity index (χ2n) is 7.46. The number of aromatic amines is 1. The van der Waals surface area contributed by atoms with Crippen LogP contribution in [0.1, 0.15) is 45.9 Å². The van der Waals surface area contributed by atoms with Crippen LogP contribution in [0.5, 0.6) is 0 Å². The molecule has 1 saturated heterocycles. The van der Waals surface area contributed by atoms with Crippen LogP contribution in [0.2, 0.25) is 0 Å². The third-order valence-electron chi connectivity index (χ3n) is 5.65. The van der Waals surface area contributed by atoms with Crippen LogP contribution in [0, 0.1) is 11.6 Å². The van der Waals surface area contributed by atoms with Gasteiger partial charge in [-0.2, -0.15) is 5.10 Å². The Morgan fingerprint density at radius 3 is 2.55 bits per heavy atom. The molecule has 0 atom stereocenters. The quantitative estimate of drug-likeness (QED) is 0.692. The van der Waals surface area contributed by atoms with Crippen LogP contribution < -0.4 is 0 Å². The van der Waals surface area contributed by atoms with Crippen molar-refractivity contribution in [3.8, 4) is 0 Å². The maximum absolute atomic E-state index is 13.9. The predicted molar refractivity (Wildman–Crippen MR) is 107 cm³/mol. The zero-order chi connectivity index (χ0) is 20.2. The van der Waals surface area contributed by atoms with Gasteiger partial charge in [-0.3, -0.25) is 9.89 Å². The van der Waals surface area contributed by atoms with E-state index >= 15 is 0 Å². The van der Waals surface area contributed by atoms with Crippen LogP contribution in [-0.2, 0) is 12.8 Å². The molecular formula is C23H23F2N3O. The highest BCUT2D eigenvalue weighted by molar-refractivity contribution is 5.94. The summed E-state index contributed by atoms with van der Waals surface area (Å²) in [6, 6.07) is 14.1. The van der Waals surface area contributed by atoms with E-state index in [1.54, 1.807) is 4.90 Å². The molecule has 0 aliphatic carbocycles. The predicted octanol–water partition coefficient (Wildman–Crippen LogP) is 4.49. The van der Waals surface area contributed by atoms with Gasteiger partial charge in [0.2, 0.25) is 0 Å². The molecule has 1 aliphatic heterocycles. The molecule has 150 valence electrons. The normalized spacial score (nSPS) is 14.9. The lowest BCUT2D eigenvalue weighted by molar-refractivity contribution is 0.0706. The summed E-state index contributed by atoms with van der Waals surface area (Å²) in [4.78, 5) is 14.2. The Kier molecular flexibility index (Phi) is 5.69. The zero-order valence-corrected chi connectivity index (χ0v) is 16.1. The molecule has 1 amide bonds. The van der Waals surface area contributed by atoms with E-state index in [9.17, 15) is 13.6 Å². The van der Waals surface area contributed by atoms with E-state index in [-0.39, 0.29) is 11.5 Å². The summed E-state index contributed by atoms with van der Waals surface area (Å²) in [5.74, 6) is -2.23. The Bertz CT molecular complexity index is 979. The van der Waals surface area contributed by atoms with Crippen LogP contribution in [-0.4, -0.2) is 34.1 Å². The number of halogens is 2. The monoisotopic (exact) mass is 395 g/mol. The average Bonchev–Trinajstić information content (AvgIpc) is 3.23. The number of carbonyl (C=O) groups excluding carboxylic acids is 1. The van der Waals surface area contributed by atoms with Gasteiger partial charge in [0, 0.05) is 24.7 Å². The molecule has 29 heavy (non-hydrogen) atoms. The molecule has 0 bridgehead atoms. The fourth-order valence-corrected chi connectivity index (χ4v) is 4.01. The molecule has 4 nitrogen and oxygen atoms in total. The van der Waals surface area contributed by atoms with Gasteiger partial charge in [0.1, 0.15) is 0 Å². The first-order valence-electron chi connectivity index (χ1n) is 9.93. The molecule has 3 aromatic rings. The van der Waals surface area contributed by atoms with E-state index in [1.807, 2.05) is 24.4 Å². The van der Waals surface area contributed by atoms with Crippen molar-refractivity contribution in [2.24, 2.45) is 0 Å². The first kappa shape index (κ1) is 19.3. The second-order valence-corrected chi connectivity index (χ2v) is 7.46. The number of H-pyrrole nitrogens is 1. The molecule has 2 heterocycles. The number of benzene rings is 2. The van der Waals surface area contributed by atoms with Crippen molar-refractivity contribution >= 4 is 5.91 Å². The highest BCUT2D eigenvalue weighted by Gasteiger charge is 2.28. The second kappa shape index (κ2) is 8.55. The van der Waals surface area contributed by atoms with Crippen molar-refractivity contribution in [2.75, 3.05) is 13.1 Å². The number of nitrogens with one attached hydrogen (secondary N) is 1. The molecule has 0 spiro atoms. The van der Waals surface area contributed by atoms with Crippen LogP contribution in [0.25, 0.3) is 0 Å². The fraction of sp³-hybridized carbons (Fsp3) is 0.304. The number of rotatable bonds is 5. The van der Waals surface area contributed by atoms with Gasteiger partial charge >= 0.3 is 0 Å². The van der Waals surface area contributed by atoms with Gasteiger partial charge in [-0.25, -0.2) is 8.78 Å². The van der Waals surface area contributed by atoms with Crippen molar-refractivity contribution < 1.29 is 13.6 Å².